The van der Waals surface area contributed by atoms with Crippen molar-refractivity contribution in [2.75, 3.05) is 0 Å². The van der Waals surface area contributed by atoms with E-state index in [1.54, 1.807) is 0 Å². The summed E-state index contributed by atoms with van der Waals surface area (Å²) in [5, 5.41) is 6.74. The summed E-state index contributed by atoms with van der Waals surface area (Å²) in [5.74, 6) is 0. The highest BCUT2D eigenvalue weighted by molar-refractivity contribution is 9.11. The number of aromatic amines is 1. The molecule has 0 bridgehead atoms. The van der Waals surface area contributed by atoms with E-state index in [9.17, 15) is 0 Å². The van der Waals surface area contributed by atoms with Gasteiger partial charge in [-0.2, -0.15) is 5.10 Å². The van der Waals surface area contributed by atoms with Crippen molar-refractivity contribution in [1.82, 2.24) is 10.2 Å². The Hall–Kier alpha value is 0.170. The topological polar surface area (TPSA) is 28.7 Å². The molecule has 1 N–H and O–H groups in total. The molecule has 0 radical (unpaired) electrons. The van der Waals surface area contributed by atoms with Gasteiger partial charge in [-0.15, -0.1) is 0 Å². The number of nitrogens with zero attached hydrogens (tertiary/aromatic N) is 1. The maximum atomic E-state index is 3.93. The summed E-state index contributed by atoms with van der Waals surface area (Å²) in [6.45, 7) is 2.08. The Morgan fingerprint density at radius 3 is 2.44 bits per heavy atom. The lowest BCUT2D eigenvalue weighted by Gasteiger charge is -1.88. The lowest BCUT2D eigenvalue weighted by Crippen LogP contribution is -1.76. The molecule has 4 heteroatoms. The molecule has 0 atom stereocenters. The van der Waals surface area contributed by atoms with Crippen LogP contribution in [0.2, 0.25) is 0 Å². The van der Waals surface area contributed by atoms with E-state index in [-0.39, 0.29) is 0 Å². The monoisotopic (exact) mass is 252 g/mol. The Balaban J connectivity index is 3.07. The van der Waals surface area contributed by atoms with E-state index in [1.165, 1.54) is 5.56 Å². The fraction of sp³-hybridized carbons (Fsp3) is 0.400. The van der Waals surface area contributed by atoms with Gasteiger partial charge in [-0.05, 0) is 38.3 Å². The first-order valence-electron chi connectivity index (χ1n) is 2.64. The molecular weight excluding hydrogens is 248 g/mol. The Labute approximate surface area is 70.3 Å². The third-order valence-electron chi connectivity index (χ3n) is 1.12. The second-order valence-electron chi connectivity index (χ2n) is 1.66. The Kier molecular flexibility index (Phi) is 2.29. The lowest BCUT2D eigenvalue weighted by molar-refractivity contribution is 1.05. The number of rotatable bonds is 1. The lowest BCUT2D eigenvalue weighted by atomic mass is 10.3. The number of hydrogen-bond donors (Lipinski definition) is 1. The van der Waals surface area contributed by atoms with Crippen LogP contribution < -0.4 is 0 Å². The first-order chi connectivity index (χ1) is 4.25. The van der Waals surface area contributed by atoms with E-state index in [1.807, 2.05) is 0 Å². The average molecular weight is 254 g/mol. The molecule has 50 valence electrons. The Morgan fingerprint density at radius 1 is 1.56 bits per heavy atom. The van der Waals surface area contributed by atoms with Gasteiger partial charge in [0.05, 0.1) is 0 Å². The van der Waals surface area contributed by atoms with Gasteiger partial charge in [-0.3, -0.25) is 5.10 Å². The first kappa shape index (κ1) is 7.28. The van der Waals surface area contributed by atoms with Gasteiger partial charge in [-0.25, -0.2) is 0 Å². The van der Waals surface area contributed by atoms with Crippen LogP contribution in [0.4, 0.5) is 0 Å². The van der Waals surface area contributed by atoms with Crippen LogP contribution in [0, 0.1) is 0 Å². The molecule has 0 spiro atoms. The molecule has 0 saturated heterocycles. The van der Waals surface area contributed by atoms with Gasteiger partial charge in [0.1, 0.15) is 9.21 Å². The summed E-state index contributed by atoms with van der Waals surface area (Å²) in [6, 6.07) is 0. The molecule has 1 heterocycles. The van der Waals surface area contributed by atoms with Crippen molar-refractivity contribution in [3.63, 3.8) is 0 Å². The number of nitrogens with one attached hydrogen (secondary N) is 1. The van der Waals surface area contributed by atoms with E-state index < -0.39 is 0 Å². The first-order valence-corrected chi connectivity index (χ1v) is 4.22. The van der Waals surface area contributed by atoms with Gasteiger partial charge < -0.3 is 0 Å². The molecule has 0 aliphatic rings. The van der Waals surface area contributed by atoms with Gasteiger partial charge in [0.25, 0.3) is 0 Å². The van der Waals surface area contributed by atoms with Gasteiger partial charge in [0.15, 0.2) is 0 Å². The van der Waals surface area contributed by atoms with Crippen LogP contribution in [0.3, 0.4) is 0 Å². The minimum Gasteiger partial charge on any atom is -0.270 e. The van der Waals surface area contributed by atoms with Gasteiger partial charge >= 0.3 is 0 Å². The SMILES string of the molecule is CCc1c(Br)n[nH]c1Br. The smallest absolute Gasteiger partial charge is 0.132 e. The standard InChI is InChI=1S/C5H6Br2N2/c1-2-3-4(6)8-9-5(3)7/h2H2,1H3,(H,8,9). The van der Waals surface area contributed by atoms with Gasteiger partial charge in [-0.1, -0.05) is 6.92 Å². The van der Waals surface area contributed by atoms with Crippen LogP contribution in [0.5, 0.6) is 0 Å². The van der Waals surface area contributed by atoms with Crippen molar-refractivity contribution in [2.24, 2.45) is 0 Å². The maximum absolute atomic E-state index is 3.93. The molecule has 0 saturated carbocycles. The highest BCUT2D eigenvalue weighted by atomic mass is 79.9. The van der Waals surface area contributed by atoms with Gasteiger partial charge in [0, 0.05) is 5.56 Å². The van der Waals surface area contributed by atoms with Crippen molar-refractivity contribution in [3.8, 4) is 0 Å². The molecule has 0 aromatic carbocycles. The molecule has 0 fully saturated rings. The van der Waals surface area contributed by atoms with Crippen LogP contribution in [-0.2, 0) is 6.42 Å². The second-order valence-corrected chi connectivity index (χ2v) is 3.20. The molecule has 0 unspecified atom stereocenters. The van der Waals surface area contributed by atoms with Crippen molar-refractivity contribution in [3.05, 3.63) is 14.8 Å². The number of H-pyrrole nitrogens is 1. The fourth-order valence-electron chi connectivity index (χ4n) is 0.625. The maximum Gasteiger partial charge on any atom is 0.132 e. The zero-order chi connectivity index (χ0) is 6.85. The Bertz CT molecular complexity index is 187. The van der Waals surface area contributed by atoms with Crippen LogP contribution in [0.25, 0.3) is 0 Å². The average Bonchev–Trinajstić information content (AvgIpc) is 2.12. The van der Waals surface area contributed by atoms with E-state index in [0.29, 0.717) is 0 Å². The zero-order valence-corrected chi connectivity index (χ0v) is 8.08. The minimum absolute atomic E-state index is 0.900. The predicted molar refractivity (Wildman–Crippen MR) is 43.4 cm³/mol. The van der Waals surface area contributed by atoms with Crippen LogP contribution >= 0.6 is 31.9 Å². The number of halogens is 2. The van der Waals surface area contributed by atoms with Crippen molar-refractivity contribution < 1.29 is 0 Å². The van der Waals surface area contributed by atoms with Crippen LogP contribution in [0.1, 0.15) is 12.5 Å². The quantitative estimate of drug-likeness (QED) is 0.819. The fourth-order valence-corrected chi connectivity index (χ4v) is 2.01. The van der Waals surface area contributed by atoms with E-state index in [4.69, 9.17) is 0 Å². The summed E-state index contributed by atoms with van der Waals surface area (Å²) in [4.78, 5) is 0. The summed E-state index contributed by atoms with van der Waals surface area (Å²) in [7, 11) is 0. The molecular formula is C5H6Br2N2. The van der Waals surface area contributed by atoms with Crippen molar-refractivity contribution in [1.29, 1.82) is 0 Å². The third-order valence-corrected chi connectivity index (χ3v) is 2.43. The van der Waals surface area contributed by atoms with E-state index >= 15 is 0 Å². The highest BCUT2D eigenvalue weighted by Gasteiger charge is 2.04. The summed E-state index contributed by atoms with van der Waals surface area (Å²) >= 11 is 6.63. The van der Waals surface area contributed by atoms with Crippen LogP contribution in [0.15, 0.2) is 9.21 Å². The molecule has 1 aromatic heterocycles. The summed E-state index contributed by atoms with van der Waals surface area (Å²) in [5.41, 5.74) is 1.19. The molecule has 2 nitrogen and oxygen atoms in total. The largest absolute Gasteiger partial charge is 0.270 e. The molecule has 0 aliphatic heterocycles. The molecule has 0 aliphatic carbocycles. The van der Waals surface area contributed by atoms with Crippen molar-refractivity contribution in [2.45, 2.75) is 13.3 Å². The second kappa shape index (κ2) is 2.84. The third kappa shape index (κ3) is 1.35. The zero-order valence-electron chi connectivity index (χ0n) is 4.91. The van der Waals surface area contributed by atoms with E-state index in [0.717, 1.165) is 15.6 Å². The number of aromatic nitrogens is 2. The van der Waals surface area contributed by atoms with Crippen LogP contribution in [-0.4, -0.2) is 10.2 Å². The normalized spacial score (nSPS) is 10.1. The highest BCUT2D eigenvalue weighted by Crippen LogP contribution is 2.21. The predicted octanol–water partition coefficient (Wildman–Crippen LogP) is 2.50. The Morgan fingerprint density at radius 2 is 2.22 bits per heavy atom. The molecule has 0 amide bonds. The molecule has 1 rings (SSSR count). The minimum atomic E-state index is 0.900. The van der Waals surface area contributed by atoms with Crippen molar-refractivity contribution >= 4 is 31.9 Å². The number of hydrogen-bond acceptors (Lipinski definition) is 1. The van der Waals surface area contributed by atoms with E-state index in [2.05, 4.69) is 49.0 Å². The molecule has 1 aromatic rings. The van der Waals surface area contributed by atoms with Gasteiger partial charge in [0.2, 0.25) is 0 Å². The summed E-state index contributed by atoms with van der Waals surface area (Å²) < 4.78 is 1.87. The molecule has 9 heavy (non-hydrogen) atoms. The summed E-state index contributed by atoms with van der Waals surface area (Å²) in [6.07, 6.45) is 0.984.